The number of para-hydroxylation sites is 1. The van der Waals surface area contributed by atoms with Crippen LogP contribution in [0.3, 0.4) is 0 Å². The maximum Gasteiger partial charge on any atom is 0.282 e. The second-order valence-electron chi connectivity index (χ2n) is 6.33. The summed E-state index contributed by atoms with van der Waals surface area (Å²) in [4.78, 5) is 25.5. The molecule has 7 nitrogen and oxygen atoms in total. The first kappa shape index (κ1) is 19.0. The Kier molecular flexibility index (Phi) is 5.83. The van der Waals surface area contributed by atoms with Gasteiger partial charge in [0.2, 0.25) is 6.79 Å². The minimum absolute atomic E-state index is 0.126. The van der Waals surface area contributed by atoms with Gasteiger partial charge in [0, 0.05) is 11.8 Å². The standard InChI is InChI=1S/C19H20ClN3O4/c1-12(19(25)21-13-7-8-16-17(9-13)27-11-26-16)23(2)10-18(24)22-15-6-4-3-5-14(15)20/h3-9,12H,10-11H2,1-2H3,(H,21,25)(H,22,24)/p+1/t12-/m1/s1. The molecule has 3 rings (SSSR count). The normalized spacial score (nSPS) is 14.3. The highest BCUT2D eigenvalue weighted by molar-refractivity contribution is 6.33. The summed E-state index contributed by atoms with van der Waals surface area (Å²) >= 11 is 6.04. The number of hydrogen-bond acceptors (Lipinski definition) is 4. The lowest BCUT2D eigenvalue weighted by Gasteiger charge is -2.20. The van der Waals surface area contributed by atoms with E-state index in [1.165, 1.54) is 0 Å². The van der Waals surface area contributed by atoms with E-state index in [-0.39, 0.29) is 25.2 Å². The smallest absolute Gasteiger partial charge is 0.282 e. The van der Waals surface area contributed by atoms with Crippen molar-refractivity contribution >= 4 is 34.8 Å². The minimum Gasteiger partial charge on any atom is -0.454 e. The number of amides is 2. The molecule has 2 atom stereocenters. The number of nitrogens with one attached hydrogen (secondary N) is 3. The number of halogens is 1. The van der Waals surface area contributed by atoms with Gasteiger partial charge in [0.25, 0.3) is 11.8 Å². The maximum atomic E-state index is 12.5. The van der Waals surface area contributed by atoms with Crippen LogP contribution in [0.4, 0.5) is 11.4 Å². The molecule has 0 fully saturated rings. The summed E-state index contributed by atoms with van der Waals surface area (Å²) in [5, 5.41) is 6.06. The van der Waals surface area contributed by atoms with Gasteiger partial charge in [-0.2, -0.15) is 0 Å². The van der Waals surface area contributed by atoms with Crippen LogP contribution >= 0.6 is 11.6 Å². The molecule has 0 saturated carbocycles. The first-order valence-corrected chi connectivity index (χ1v) is 8.89. The van der Waals surface area contributed by atoms with Gasteiger partial charge in [-0.1, -0.05) is 23.7 Å². The number of rotatable bonds is 6. The first-order chi connectivity index (χ1) is 12.9. The van der Waals surface area contributed by atoms with Crippen LogP contribution in [0.1, 0.15) is 6.92 Å². The molecule has 3 N–H and O–H groups in total. The Labute approximate surface area is 162 Å². The van der Waals surface area contributed by atoms with Gasteiger partial charge in [-0.25, -0.2) is 0 Å². The summed E-state index contributed by atoms with van der Waals surface area (Å²) in [6.45, 7) is 2.07. The van der Waals surface area contributed by atoms with Crippen molar-refractivity contribution in [3.8, 4) is 11.5 Å². The molecule has 0 aliphatic carbocycles. The van der Waals surface area contributed by atoms with Crippen LogP contribution in [0.5, 0.6) is 11.5 Å². The molecule has 2 amide bonds. The van der Waals surface area contributed by atoms with Gasteiger partial charge >= 0.3 is 0 Å². The van der Waals surface area contributed by atoms with Crippen molar-refractivity contribution in [2.45, 2.75) is 13.0 Å². The monoisotopic (exact) mass is 390 g/mol. The van der Waals surface area contributed by atoms with E-state index in [9.17, 15) is 9.59 Å². The molecule has 0 radical (unpaired) electrons. The number of carbonyl (C=O) groups is 2. The number of likely N-dealkylation sites (N-methyl/N-ethyl adjacent to an activating group) is 1. The first-order valence-electron chi connectivity index (χ1n) is 8.51. The van der Waals surface area contributed by atoms with E-state index in [0.29, 0.717) is 27.9 Å². The molecular formula is C19H21ClN3O4+. The van der Waals surface area contributed by atoms with Gasteiger partial charge in [-0.3, -0.25) is 9.59 Å². The summed E-state index contributed by atoms with van der Waals surface area (Å²) in [7, 11) is 1.79. The van der Waals surface area contributed by atoms with Gasteiger partial charge in [-0.05, 0) is 31.2 Å². The van der Waals surface area contributed by atoms with Crippen LogP contribution < -0.4 is 25.0 Å². The van der Waals surface area contributed by atoms with Gasteiger partial charge < -0.3 is 25.0 Å². The summed E-state index contributed by atoms with van der Waals surface area (Å²) < 4.78 is 10.6. The summed E-state index contributed by atoms with van der Waals surface area (Å²) in [6, 6.07) is 11.8. The summed E-state index contributed by atoms with van der Waals surface area (Å²) in [5.41, 5.74) is 1.17. The molecule has 0 spiro atoms. The van der Waals surface area contributed by atoms with Gasteiger partial charge in [0.05, 0.1) is 17.8 Å². The van der Waals surface area contributed by atoms with Crippen molar-refractivity contribution in [3.05, 3.63) is 47.5 Å². The lowest BCUT2D eigenvalue weighted by Crippen LogP contribution is -3.14. The van der Waals surface area contributed by atoms with Crippen molar-refractivity contribution in [1.82, 2.24) is 0 Å². The maximum absolute atomic E-state index is 12.5. The Morgan fingerprint density at radius 2 is 1.89 bits per heavy atom. The molecule has 0 bridgehead atoms. The molecule has 1 heterocycles. The Morgan fingerprint density at radius 1 is 1.15 bits per heavy atom. The third kappa shape index (κ3) is 4.69. The number of ether oxygens (including phenoxy) is 2. The van der Waals surface area contributed by atoms with Gasteiger partial charge in [0.15, 0.2) is 24.1 Å². The molecule has 1 aliphatic rings. The van der Waals surface area contributed by atoms with E-state index in [2.05, 4.69) is 10.6 Å². The molecule has 2 aromatic carbocycles. The van der Waals surface area contributed by atoms with Crippen LogP contribution in [-0.4, -0.2) is 38.2 Å². The van der Waals surface area contributed by atoms with Crippen molar-refractivity contribution in [1.29, 1.82) is 0 Å². The van der Waals surface area contributed by atoms with Crippen LogP contribution in [0, 0.1) is 0 Å². The largest absolute Gasteiger partial charge is 0.454 e. The van der Waals surface area contributed by atoms with Crippen molar-refractivity contribution in [3.63, 3.8) is 0 Å². The SMILES string of the molecule is C[C@H](C(=O)Nc1ccc2c(c1)OCO2)[NH+](C)CC(=O)Nc1ccccc1Cl. The molecule has 8 heteroatoms. The Morgan fingerprint density at radius 3 is 2.67 bits per heavy atom. The zero-order chi connectivity index (χ0) is 19.4. The minimum atomic E-state index is -0.438. The van der Waals surface area contributed by atoms with Crippen LogP contribution in [0.15, 0.2) is 42.5 Å². The predicted octanol–water partition coefficient (Wildman–Crippen LogP) is 1.55. The Bertz CT molecular complexity index is 859. The fourth-order valence-electron chi connectivity index (χ4n) is 2.61. The number of anilines is 2. The van der Waals surface area contributed by atoms with Crippen molar-refractivity contribution in [2.24, 2.45) is 0 Å². The highest BCUT2D eigenvalue weighted by Gasteiger charge is 2.25. The molecule has 0 saturated heterocycles. The number of hydrogen-bond donors (Lipinski definition) is 3. The molecule has 0 aromatic heterocycles. The highest BCUT2D eigenvalue weighted by atomic mass is 35.5. The number of carbonyl (C=O) groups excluding carboxylic acids is 2. The van der Waals surface area contributed by atoms with E-state index in [1.54, 1.807) is 56.4 Å². The third-order valence-electron chi connectivity index (χ3n) is 4.36. The molecular weight excluding hydrogens is 370 g/mol. The average Bonchev–Trinajstić information content (AvgIpc) is 3.10. The number of benzene rings is 2. The van der Waals surface area contributed by atoms with E-state index >= 15 is 0 Å². The molecule has 1 aliphatic heterocycles. The zero-order valence-electron chi connectivity index (χ0n) is 15.0. The van der Waals surface area contributed by atoms with Crippen molar-refractivity contribution < 1.29 is 24.0 Å². The molecule has 142 valence electrons. The lowest BCUT2D eigenvalue weighted by atomic mass is 10.2. The summed E-state index contributed by atoms with van der Waals surface area (Å²) in [6.07, 6.45) is 0. The fourth-order valence-corrected chi connectivity index (χ4v) is 2.79. The van der Waals surface area contributed by atoms with E-state index < -0.39 is 6.04 Å². The molecule has 2 aromatic rings. The second-order valence-corrected chi connectivity index (χ2v) is 6.74. The second kappa shape index (κ2) is 8.28. The van der Waals surface area contributed by atoms with Crippen LogP contribution in [0.25, 0.3) is 0 Å². The molecule has 1 unspecified atom stereocenters. The van der Waals surface area contributed by atoms with E-state index in [1.807, 2.05) is 0 Å². The van der Waals surface area contributed by atoms with Crippen LogP contribution in [-0.2, 0) is 9.59 Å². The highest BCUT2D eigenvalue weighted by Crippen LogP contribution is 2.34. The van der Waals surface area contributed by atoms with E-state index in [4.69, 9.17) is 21.1 Å². The van der Waals surface area contributed by atoms with E-state index in [0.717, 1.165) is 4.90 Å². The predicted molar refractivity (Wildman–Crippen MR) is 102 cm³/mol. The third-order valence-corrected chi connectivity index (χ3v) is 4.69. The quantitative estimate of drug-likeness (QED) is 0.699. The van der Waals surface area contributed by atoms with Gasteiger partial charge in [-0.15, -0.1) is 0 Å². The lowest BCUT2D eigenvalue weighted by molar-refractivity contribution is -0.885. The fraction of sp³-hybridized carbons (Fsp3) is 0.263. The Balaban J connectivity index is 1.54. The number of quaternary nitrogens is 1. The molecule has 27 heavy (non-hydrogen) atoms. The summed E-state index contributed by atoms with van der Waals surface area (Å²) in [5.74, 6) is 0.834. The van der Waals surface area contributed by atoms with Crippen molar-refractivity contribution in [2.75, 3.05) is 31.0 Å². The Hall–Kier alpha value is -2.77. The van der Waals surface area contributed by atoms with Crippen LogP contribution in [0.2, 0.25) is 5.02 Å². The number of fused-ring (bicyclic) bond motifs is 1. The van der Waals surface area contributed by atoms with Gasteiger partial charge in [0.1, 0.15) is 0 Å². The zero-order valence-corrected chi connectivity index (χ0v) is 15.8. The average molecular weight is 391 g/mol. The topological polar surface area (TPSA) is 81.1 Å².